The Bertz CT molecular complexity index is 529. The quantitative estimate of drug-likeness (QED) is 0.870. The van der Waals surface area contributed by atoms with Gasteiger partial charge in [-0.25, -0.2) is 0 Å². The first-order valence-corrected chi connectivity index (χ1v) is 8.93. The van der Waals surface area contributed by atoms with E-state index in [9.17, 15) is 0 Å². The van der Waals surface area contributed by atoms with Gasteiger partial charge in [0.25, 0.3) is 0 Å². The average Bonchev–Trinajstić information content (AvgIpc) is 2.94. The van der Waals surface area contributed by atoms with Crippen LogP contribution in [0.25, 0.3) is 0 Å². The smallest absolute Gasteiger partial charge is 0.0649 e. The molecule has 18 heavy (non-hydrogen) atoms. The summed E-state index contributed by atoms with van der Waals surface area (Å²) >= 11 is 5.71. The zero-order chi connectivity index (χ0) is 12.5. The van der Waals surface area contributed by atoms with E-state index in [1.165, 1.54) is 27.3 Å². The largest absolute Gasteiger partial charge is 0.306 e. The lowest BCUT2D eigenvalue weighted by molar-refractivity contribution is 0.488. The lowest BCUT2D eigenvalue weighted by atomic mass is 10.0. The van der Waals surface area contributed by atoms with Crippen molar-refractivity contribution in [2.24, 2.45) is 0 Å². The van der Waals surface area contributed by atoms with Crippen molar-refractivity contribution in [1.29, 1.82) is 0 Å². The molecule has 0 aromatic carbocycles. The number of hydrogen-bond donors (Lipinski definition) is 1. The molecule has 0 bridgehead atoms. The van der Waals surface area contributed by atoms with Gasteiger partial charge in [0.1, 0.15) is 0 Å². The summed E-state index contributed by atoms with van der Waals surface area (Å²) < 4.78 is 1.51. The molecule has 0 fully saturated rings. The van der Waals surface area contributed by atoms with Gasteiger partial charge in [-0.3, -0.25) is 0 Å². The number of hydrogen-bond acceptors (Lipinski definition) is 4. The van der Waals surface area contributed by atoms with Gasteiger partial charge < -0.3 is 5.32 Å². The zero-order valence-corrected chi connectivity index (χ0v) is 13.1. The highest BCUT2D eigenvalue weighted by Gasteiger charge is 2.25. The summed E-state index contributed by atoms with van der Waals surface area (Å²) in [6.45, 7) is 5.52. The van der Waals surface area contributed by atoms with Crippen LogP contribution in [0.1, 0.15) is 36.1 Å². The van der Waals surface area contributed by atoms with Gasteiger partial charge in [0.15, 0.2) is 0 Å². The second-order valence-corrected chi connectivity index (χ2v) is 8.21. The van der Waals surface area contributed by atoms with Crippen molar-refractivity contribution in [3.05, 3.63) is 38.9 Å². The molecule has 1 aliphatic rings. The standard InChI is InChI=1S/C14H17NS3/c1-9-7-16-8-11(9)6-15-13-5-10(2)18-14-12(13)3-4-17-14/h3-4,7-8,10,13,15H,5-6H2,1-2H3/t10-,13?/m0/s1. The van der Waals surface area contributed by atoms with E-state index < -0.39 is 0 Å². The molecule has 0 radical (unpaired) electrons. The third-order valence-electron chi connectivity index (χ3n) is 3.41. The van der Waals surface area contributed by atoms with E-state index in [4.69, 9.17) is 0 Å². The fraction of sp³-hybridized carbons (Fsp3) is 0.429. The fourth-order valence-electron chi connectivity index (χ4n) is 2.34. The van der Waals surface area contributed by atoms with Gasteiger partial charge in [0.2, 0.25) is 0 Å². The summed E-state index contributed by atoms with van der Waals surface area (Å²) in [5.74, 6) is 0. The normalized spacial score (nSPS) is 23.0. The summed E-state index contributed by atoms with van der Waals surface area (Å²) in [7, 11) is 0. The first-order chi connectivity index (χ1) is 8.74. The molecule has 1 nitrogen and oxygen atoms in total. The summed E-state index contributed by atoms with van der Waals surface area (Å²) in [6.07, 6.45) is 1.23. The topological polar surface area (TPSA) is 12.0 Å². The molecule has 3 rings (SSSR count). The highest BCUT2D eigenvalue weighted by molar-refractivity contribution is 8.01. The number of nitrogens with one attached hydrogen (secondary N) is 1. The minimum atomic E-state index is 0.529. The summed E-state index contributed by atoms with van der Waals surface area (Å²) in [6, 6.07) is 2.82. The van der Waals surface area contributed by atoms with Crippen molar-refractivity contribution in [3.63, 3.8) is 0 Å². The monoisotopic (exact) mass is 295 g/mol. The fourth-order valence-corrected chi connectivity index (χ4v) is 5.77. The van der Waals surface area contributed by atoms with Crippen LogP contribution in [-0.4, -0.2) is 5.25 Å². The molecule has 96 valence electrons. The highest BCUT2D eigenvalue weighted by Crippen LogP contribution is 2.43. The molecular weight excluding hydrogens is 278 g/mol. The first-order valence-electron chi connectivity index (χ1n) is 6.23. The van der Waals surface area contributed by atoms with Crippen molar-refractivity contribution in [2.75, 3.05) is 0 Å². The third-order valence-corrected chi connectivity index (χ3v) is 6.66. The molecule has 4 heteroatoms. The maximum Gasteiger partial charge on any atom is 0.0649 e. The van der Waals surface area contributed by atoms with E-state index in [0.29, 0.717) is 6.04 Å². The lowest BCUT2D eigenvalue weighted by Crippen LogP contribution is -2.26. The van der Waals surface area contributed by atoms with Crippen molar-refractivity contribution >= 4 is 34.4 Å². The van der Waals surface area contributed by atoms with Gasteiger partial charge in [-0.05, 0) is 52.2 Å². The van der Waals surface area contributed by atoms with E-state index in [1.807, 2.05) is 23.1 Å². The van der Waals surface area contributed by atoms with Crippen LogP contribution >= 0.6 is 34.4 Å². The van der Waals surface area contributed by atoms with Crippen molar-refractivity contribution in [3.8, 4) is 0 Å². The van der Waals surface area contributed by atoms with Gasteiger partial charge in [-0.2, -0.15) is 11.3 Å². The lowest BCUT2D eigenvalue weighted by Gasteiger charge is -2.27. The van der Waals surface area contributed by atoms with E-state index in [-0.39, 0.29) is 0 Å². The SMILES string of the molecule is Cc1cscc1CNC1C[C@H](C)Sc2sccc21. The van der Waals surface area contributed by atoms with Crippen molar-refractivity contribution in [1.82, 2.24) is 5.32 Å². The van der Waals surface area contributed by atoms with Gasteiger partial charge in [0, 0.05) is 17.8 Å². The molecule has 2 aromatic rings. The Kier molecular flexibility index (Phi) is 3.80. The zero-order valence-electron chi connectivity index (χ0n) is 10.6. The van der Waals surface area contributed by atoms with Crippen LogP contribution in [0, 0.1) is 6.92 Å². The van der Waals surface area contributed by atoms with E-state index >= 15 is 0 Å². The Labute approximate surface area is 121 Å². The maximum atomic E-state index is 3.74. The second kappa shape index (κ2) is 5.37. The molecule has 0 aliphatic carbocycles. The molecule has 0 spiro atoms. The van der Waals surface area contributed by atoms with Gasteiger partial charge in [-0.15, -0.1) is 23.1 Å². The molecule has 3 heterocycles. The predicted molar refractivity (Wildman–Crippen MR) is 82.9 cm³/mol. The van der Waals surface area contributed by atoms with Gasteiger partial charge in [0.05, 0.1) is 4.21 Å². The third kappa shape index (κ3) is 2.52. The minimum absolute atomic E-state index is 0.529. The number of thiophene rings is 2. The Morgan fingerprint density at radius 1 is 1.39 bits per heavy atom. The van der Waals surface area contributed by atoms with Crippen LogP contribution in [0.15, 0.2) is 26.4 Å². The average molecular weight is 295 g/mol. The molecule has 1 N–H and O–H groups in total. The predicted octanol–water partition coefficient (Wildman–Crippen LogP) is 4.83. The number of fused-ring (bicyclic) bond motifs is 1. The molecule has 0 saturated heterocycles. The Morgan fingerprint density at radius 3 is 3.06 bits per heavy atom. The molecule has 0 amide bonds. The Hall–Kier alpha value is -0.290. The van der Waals surface area contributed by atoms with E-state index in [1.54, 1.807) is 11.3 Å². The van der Waals surface area contributed by atoms with Crippen LogP contribution in [0.5, 0.6) is 0 Å². The maximum absolute atomic E-state index is 3.74. The molecule has 2 aromatic heterocycles. The van der Waals surface area contributed by atoms with Crippen LogP contribution in [0.3, 0.4) is 0 Å². The summed E-state index contributed by atoms with van der Waals surface area (Å²) in [5, 5.41) is 11.2. The molecule has 2 atom stereocenters. The van der Waals surface area contributed by atoms with Crippen LogP contribution in [0.2, 0.25) is 0 Å². The Balaban J connectivity index is 1.72. The van der Waals surface area contributed by atoms with E-state index in [0.717, 1.165) is 11.8 Å². The van der Waals surface area contributed by atoms with Crippen LogP contribution < -0.4 is 5.32 Å². The van der Waals surface area contributed by atoms with Gasteiger partial charge in [-0.1, -0.05) is 6.92 Å². The van der Waals surface area contributed by atoms with Gasteiger partial charge >= 0.3 is 0 Å². The second-order valence-electron chi connectivity index (χ2n) is 4.84. The van der Waals surface area contributed by atoms with Crippen molar-refractivity contribution in [2.45, 2.75) is 42.3 Å². The number of thioether (sulfide) groups is 1. The summed E-state index contributed by atoms with van der Waals surface area (Å²) in [4.78, 5) is 0. The first kappa shape index (κ1) is 12.7. The van der Waals surface area contributed by atoms with E-state index in [2.05, 4.69) is 41.4 Å². The molecule has 0 saturated carbocycles. The molecule has 1 unspecified atom stereocenters. The number of aryl methyl sites for hydroxylation is 1. The number of rotatable bonds is 3. The Morgan fingerprint density at radius 2 is 2.28 bits per heavy atom. The molecule has 1 aliphatic heterocycles. The molecular formula is C14H17NS3. The highest BCUT2D eigenvalue weighted by atomic mass is 32.2. The minimum Gasteiger partial charge on any atom is -0.306 e. The van der Waals surface area contributed by atoms with Crippen LogP contribution in [-0.2, 0) is 6.54 Å². The van der Waals surface area contributed by atoms with Crippen molar-refractivity contribution < 1.29 is 0 Å². The summed E-state index contributed by atoms with van der Waals surface area (Å²) in [5.41, 5.74) is 4.37. The van der Waals surface area contributed by atoms with Crippen LogP contribution in [0.4, 0.5) is 0 Å².